The van der Waals surface area contributed by atoms with Crippen molar-refractivity contribution in [2.75, 3.05) is 6.61 Å². The highest BCUT2D eigenvalue weighted by atomic mass is 16.5. The molecule has 0 radical (unpaired) electrons. The highest BCUT2D eigenvalue weighted by Gasteiger charge is 2.41. The molecule has 3 heteroatoms. The molecule has 0 aliphatic heterocycles. The Morgan fingerprint density at radius 2 is 1.85 bits per heavy atom. The van der Waals surface area contributed by atoms with Gasteiger partial charge in [0.2, 0.25) is 0 Å². The monoisotopic (exact) mass is 280 g/mol. The number of nitrogens with one attached hydrogen (secondary N) is 1. The Hall–Kier alpha value is -0.380. The van der Waals surface area contributed by atoms with E-state index in [9.17, 15) is 0 Å². The van der Waals surface area contributed by atoms with E-state index in [1.54, 1.807) is 0 Å². The van der Waals surface area contributed by atoms with E-state index in [1.807, 2.05) is 0 Å². The van der Waals surface area contributed by atoms with Gasteiger partial charge >= 0.3 is 0 Å². The number of ether oxygens (including phenoxy) is 1. The summed E-state index contributed by atoms with van der Waals surface area (Å²) < 4.78 is 6.31. The van der Waals surface area contributed by atoms with Crippen molar-refractivity contribution in [1.82, 2.24) is 5.43 Å². The molecule has 0 saturated heterocycles. The van der Waals surface area contributed by atoms with E-state index in [-0.39, 0.29) is 11.6 Å². The van der Waals surface area contributed by atoms with E-state index in [1.165, 1.54) is 63.4 Å². The van der Waals surface area contributed by atoms with E-state index in [0.717, 1.165) is 19.4 Å². The van der Waals surface area contributed by atoms with Crippen molar-refractivity contribution in [2.45, 2.75) is 89.2 Å². The molecule has 20 heavy (non-hydrogen) atoms. The number of hydrogen-bond acceptors (Lipinski definition) is 3. The number of nitrogens with two attached hydrogens (primary N) is 1. The maximum Gasteiger partial charge on any atom is 0.0885 e. The summed E-state index contributed by atoms with van der Waals surface area (Å²) in [5.41, 5.74) is 4.56. The average Bonchev–Trinajstić information content (AvgIpc) is 2.84. The van der Waals surface area contributed by atoms with Crippen molar-refractivity contribution < 1.29 is 4.74 Å². The number of hydrogen-bond donors (Lipinski definition) is 2. The van der Waals surface area contributed by atoms with Gasteiger partial charge in [0.05, 0.1) is 11.6 Å². The maximum atomic E-state index is 6.31. The molecule has 0 aromatic rings. The Kier molecular flexibility index (Phi) is 6.53. The molecule has 0 aromatic carbocycles. The fourth-order valence-corrected chi connectivity index (χ4v) is 4.03. The van der Waals surface area contributed by atoms with Crippen molar-refractivity contribution in [3.63, 3.8) is 0 Å². The molecule has 2 aliphatic rings. The van der Waals surface area contributed by atoms with Crippen molar-refractivity contribution >= 4 is 0 Å². The Labute approximate surface area is 124 Å². The highest BCUT2D eigenvalue weighted by Crippen LogP contribution is 2.37. The van der Waals surface area contributed by atoms with Crippen LogP contribution in [0.5, 0.6) is 0 Å². The summed E-state index contributed by atoms with van der Waals surface area (Å²) in [5, 5.41) is 0. The lowest BCUT2D eigenvalue weighted by atomic mass is 9.81. The molecule has 1 fully saturated rings. The largest absolute Gasteiger partial charge is 0.373 e. The summed E-state index contributed by atoms with van der Waals surface area (Å²) in [6, 6.07) is 0.207. The Morgan fingerprint density at radius 1 is 1.15 bits per heavy atom. The van der Waals surface area contributed by atoms with Gasteiger partial charge in [-0.2, -0.15) is 0 Å². The van der Waals surface area contributed by atoms with Gasteiger partial charge in [-0.05, 0) is 45.4 Å². The Bertz CT molecular complexity index is 306. The zero-order valence-electron chi connectivity index (χ0n) is 13.1. The van der Waals surface area contributed by atoms with Crippen LogP contribution >= 0.6 is 0 Å². The van der Waals surface area contributed by atoms with Gasteiger partial charge in [0.1, 0.15) is 0 Å². The van der Waals surface area contributed by atoms with Crippen LogP contribution in [0, 0.1) is 0 Å². The predicted octanol–water partition coefficient (Wildman–Crippen LogP) is 3.84. The maximum absolute atomic E-state index is 6.31. The molecule has 0 spiro atoms. The van der Waals surface area contributed by atoms with Crippen LogP contribution in [0.4, 0.5) is 0 Å². The van der Waals surface area contributed by atoms with Crippen molar-refractivity contribution in [3.8, 4) is 0 Å². The predicted molar refractivity (Wildman–Crippen MR) is 84.3 cm³/mol. The number of rotatable bonds is 5. The normalized spacial score (nSPS) is 25.4. The third-order valence-corrected chi connectivity index (χ3v) is 5.02. The molecule has 0 heterocycles. The molecular weight excluding hydrogens is 248 g/mol. The lowest BCUT2D eigenvalue weighted by Gasteiger charge is -2.41. The molecule has 3 nitrogen and oxygen atoms in total. The molecule has 0 bridgehead atoms. The quantitative estimate of drug-likeness (QED) is 0.348. The average molecular weight is 280 g/mol. The molecule has 1 saturated carbocycles. The van der Waals surface area contributed by atoms with E-state index >= 15 is 0 Å². The van der Waals surface area contributed by atoms with Gasteiger partial charge in [-0.3, -0.25) is 11.3 Å². The second-order valence-corrected chi connectivity index (χ2v) is 6.39. The second kappa shape index (κ2) is 8.16. The minimum atomic E-state index is -0.0732. The third kappa shape index (κ3) is 3.84. The zero-order chi connectivity index (χ0) is 14.3. The molecule has 1 unspecified atom stereocenters. The van der Waals surface area contributed by atoms with Crippen LogP contribution in [0.15, 0.2) is 11.6 Å². The first-order valence-corrected chi connectivity index (χ1v) is 8.61. The van der Waals surface area contributed by atoms with Gasteiger partial charge in [0, 0.05) is 6.61 Å². The SMILES string of the molecule is CCOC1(C(NN)C2=CCCCCC2)CCCCCC1. The molecule has 2 rings (SSSR count). The summed E-state index contributed by atoms with van der Waals surface area (Å²) >= 11 is 0. The smallest absolute Gasteiger partial charge is 0.0885 e. The fraction of sp³-hybridized carbons (Fsp3) is 0.882. The van der Waals surface area contributed by atoms with Crippen LogP contribution < -0.4 is 11.3 Å². The molecule has 1 atom stereocenters. The number of allylic oxidation sites excluding steroid dienone is 1. The van der Waals surface area contributed by atoms with Gasteiger partial charge < -0.3 is 4.74 Å². The van der Waals surface area contributed by atoms with E-state index < -0.39 is 0 Å². The minimum Gasteiger partial charge on any atom is -0.373 e. The highest BCUT2D eigenvalue weighted by molar-refractivity contribution is 5.19. The van der Waals surface area contributed by atoms with Gasteiger partial charge in [-0.25, -0.2) is 0 Å². The van der Waals surface area contributed by atoms with Crippen LogP contribution in [0.2, 0.25) is 0 Å². The van der Waals surface area contributed by atoms with E-state index in [0.29, 0.717) is 0 Å². The summed E-state index contributed by atoms with van der Waals surface area (Å²) in [4.78, 5) is 0. The van der Waals surface area contributed by atoms with Gasteiger partial charge in [0.15, 0.2) is 0 Å². The van der Waals surface area contributed by atoms with Gasteiger partial charge in [0.25, 0.3) is 0 Å². The summed E-state index contributed by atoms with van der Waals surface area (Å²) in [5.74, 6) is 5.98. The van der Waals surface area contributed by atoms with Crippen molar-refractivity contribution in [2.24, 2.45) is 5.84 Å². The van der Waals surface area contributed by atoms with Crippen molar-refractivity contribution in [1.29, 1.82) is 0 Å². The summed E-state index contributed by atoms with van der Waals surface area (Å²) in [6.07, 6.45) is 16.3. The number of hydrazine groups is 1. The van der Waals surface area contributed by atoms with Crippen LogP contribution in [-0.2, 0) is 4.74 Å². The van der Waals surface area contributed by atoms with Crippen LogP contribution in [0.25, 0.3) is 0 Å². The van der Waals surface area contributed by atoms with E-state index in [2.05, 4.69) is 18.4 Å². The fourth-order valence-electron chi connectivity index (χ4n) is 4.03. The first-order valence-electron chi connectivity index (χ1n) is 8.61. The second-order valence-electron chi connectivity index (χ2n) is 6.39. The van der Waals surface area contributed by atoms with Crippen LogP contribution in [-0.4, -0.2) is 18.2 Å². The Morgan fingerprint density at radius 3 is 2.50 bits per heavy atom. The molecule has 116 valence electrons. The van der Waals surface area contributed by atoms with Gasteiger partial charge in [-0.15, -0.1) is 0 Å². The van der Waals surface area contributed by atoms with Crippen LogP contribution in [0.1, 0.15) is 77.6 Å². The van der Waals surface area contributed by atoms with E-state index in [4.69, 9.17) is 10.6 Å². The Balaban J connectivity index is 2.20. The molecule has 2 aliphatic carbocycles. The van der Waals surface area contributed by atoms with Crippen LogP contribution in [0.3, 0.4) is 0 Å². The van der Waals surface area contributed by atoms with Crippen molar-refractivity contribution in [3.05, 3.63) is 11.6 Å². The molecule has 0 amide bonds. The zero-order valence-corrected chi connectivity index (χ0v) is 13.1. The lowest BCUT2D eigenvalue weighted by Crippen LogP contribution is -2.55. The first kappa shape index (κ1) is 16.0. The molecule has 3 N–H and O–H groups in total. The van der Waals surface area contributed by atoms with Gasteiger partial charge in [-0.1, -0.05) is 43.8 Å². The summed E-state index contributed by atoms with van der Waals surface area (Å²) in [7, 11) is 0. The first-order chi connectivity index (χ1) is 9.82. The third-order valence-electron chi connectivity index (χ3n) is 5.02. The minimum absolute atomic E-state index is 0.0732. The summed E-state index contributed by atoms with van der Waals surface area (Å²) in [6.45, 7) is 2.90. The molecule has 0 aromatic heterocycles. The lowest BCUT2D eigenvalue weighted by molar-refractivity contribution is -0.0692. The molecular formula is C17H32N2O. The topological polar surface area (TPSA) is 47.3 Å². The standard InChI is InChI=1S/C17H32N2O/c1-2-20-17(13-9-5-6-10-14-17)16(19-18)15-11-7-3-4-8-12-15/h11,16,19H,2-10,12-14,18H2,1H3.